The highest BCUT2D eigenvalue weighted by atomic mass is 16.6. The van der Waals surface area contributed by atoms with Gasteiger partial charge in [0, 0.05) is 19.3 Å². The smallest absolute Gasteiger partial charge is 0.306 e. The number of carbonyl (C=O) groups excluding carboxylic acids is 3. The quantitative estimate of drug-likeness (QED) is 0.0262. The number of hydrogen-bond donors (Lipinski definition) is 0. The first-order chi connectivity index (χ1) is 32.5. The van der Waals surface area contributed by atoms with Crippen LogP contribution in [0.1, 0.15) is 245 Å². The molecule has 0 spiro atoms. The molecule has 1 atom stereocenters. The fourth-order valence-corrected chi connectivity index (χ4v) is 7.26. The molecule has 0 aliphatic heterocycles. The van der Waals surface area contributed by atoms with Crippen molar-refractivity contribution in [2.45, 2.75) is 252 Å². The lowest BCUT2D eigenvalue weighted by atomic mass is 10.1. The van der Waals surface area contributed by atoms with E-state index >= 15 is 0 Å². The minimum absolute atomic E-state index is 0.102. The first-order valence-corrected chi connectivity index (χ1v) is 27.2. The molecule has 0 bridgehead atoms. The van der Waals surface area contributed by atoms with E-state index in [1.165, 1.54) is 116 Å². The summed E-state index contributed by atoms with van der Waals surface area (Å²) < 4.78 is 16.7. The summed E-state index contributed by atoms with van der Waals surface area (Å²) in [5, 5.41) is 0. The third-order valence-corrected chi connectivity index (χ3v) is 11.3. The SMILES string of the molecule is CC/C=C\C/C=C\C/C=C\C/C=C\C/C=C\C/C=C\CCC(=O)OC[C@@H](COC(=O)CCCCCCCCCCCC)OC(=O)CCCCCCCCCCC/C=C\C/C=C\CCCCC. The Balaban J connectivity index is 4.45. The lowest BCUT2D eigenvalue weighted by Crippen LogP contribution is -2.30. The molecular weight excluding hydrogens is 817 g/mol. The monoisotopic (exact) mass is 917 g/mol. The Labute approximate surface area is 407 Å². The lowest BCUT2D eigenvalue weighted by molar-refractivity contribution is -0.166. The number of hydrogen-bond acceptors (Lipinski definition) is 6. The predicted octanol–water partition coefficient (Wildman–Crippen LogP) is 18.1. The van der Waals surface area contributed by atoms with E-state index in [2.05, 4.69) is 112 Å². The van der Waals surface area contributed by atoms with Crippen LogP contribution >= 0.6 is 0 Å². The summed E-state index contributed by atoms with van der Waals surface area (Å²) in [5.41, 5.74) is 0. The Morgan fingerprint density at radius 1 is 0.318 bits per heavy atom. The van der Waals surface area contributed by atoms with Gasteiger partial charge in [-0.1, -0.05) is 234 Å². The molecule has 0 saturated heterocycles. The van der Waals surface area contributed by atoms with Crippen molar-refractivity contribution >= 4 is 17.9 Å². The van der Waals surface area contributed by atoms with Gasteiger partial charge >= 0.3 is 17.9 Å². The molecule has 6 nitrogen and oxygen atoms in total. The van der Waals surface area contributed by atoms with Crippen molar-refractivity contribution in [3.05, 3.63) is 97.2 Å². The average Bonchev–Trinajstić information content (AvgIpc) is 3.31. The number of ether oxygens (including phenoxy) is 3. The minimum atomic E-state index is -0.809. The highest BCUT2D eigenvalue weighted by Gasteiger charge is 2.19. The van der Waals surface area contributed by atoms with Crippen LogP contribution in [0.25, 0.3) is 0 Å². The van der Waals surface area contributed by atoms with Crippen LogP contribution in [-0.2, 0) is 28.6 Å². The first kappa shape index (κ1) is 62.3. The third-order valence-electron chi connectivity index (χ3n) is 11.3. The summed E-state index contributed by atoms with van der Waals surface area (Å²) in [7, 11) is 0. The van der Waals surface area contributed by atoms with Crippen LogP contribution in [0, 0.1) is 0 Å². The Bertz CT molecular complexity index is 1330. The highest BCUT2D eigenvalue weighted by molar-refractivity contribution is 5.71. The average molecular weight is 917 g/mol. The van der Waals surface area contributed by atoms with E-state index in [1.807, 2.05) is 6.08 Å². The van der Waals surface area contributed by atoms with Crippen LogP contribution in [0.2, 0.25) is 0 Å². The van der Waals surface area contributed by atoms with E-state index in [-0.39, 0.29) is 37.5 Å². The maximum atomic E-state index is 12.8. The van der Waals surface area contributed by atoms with Gasteiger partial charge in [0.05, 0.1) is 0 Å². The Morgan fingerprint density at radius 3 is 1.05 bits per heavy atom. The van der Waals surface area contributed by atoms with Crippen LogP contribution in [0.15, 0.2) is 97.2 Å². The van der Waals surface area contributed by atoms with Crippen molar-refractivity contribution in [2.24, 2.45) is 0 Å². The Kier molecular flexibility index (Phi) is 50.9. The molecule has 0 N–H and O–H groups in total. The molecule has 0 aromatic heterocycles. The fraction of sp³-hybridized carbons (Fsp3) is 0.683. The molecule has 66 heavy (non-hydrogen) atoms. The minimum Gasteiger partial charge on any atom is -0.462 e. The summed E-state index contributed by atoms with van der Waals surface area (Å²) >= 11 is 0. The van der Waals surface area contributed by atoms with E-state index < -0.39 is 6.10 Å². The van der Waals surface area contributed by atoms with E-state index in [0.717, 1.165) is 83.5 Å². The molecule has 376 valence electrons. The second-order valence-corrected chi connectivity index (χ2v) is 17.8. The molecule has 0 unspecified atom stereocenters. The number of allylic oxidation sites excluding steroid dienone is 16. The molecule has 6 heteroatoms. The van der Waals surface area contributed by atoms with Crippen molar-refractivity contribution in [1.29, 1.82) is 0 Å². The van der Waals surface area contributed by atoms with Crippen molar-refractivity contribution in [3.8, 4) is 0 Å². The van der Waals surface area contributed by atoms with Gasteiger partial charge in [-0.05, 0) is 89.9 Å². The second-order valence-electron chi connectivity index (χ2n) is 17.8. The zero-order chi connectivity index (χ0) is 47.9. The van der Waals surface area contributed by atoms with Crippen molar-refractivity contribution in [1.82, 2.24) is 0 Å². The van der Waals surface area contributed by atoms with Gasteiger partial charge in [-0.3, -0.25) is 14.4 Å². The fourth-order valence-electron chi connectivity index (χ4n) is 7.26. The molecule has 0 aromatic carbocycles. The van der Waals surface area contributed by atoms with Gasteiger partial charge in [0.1, 0.15) is 13.2 Å². The molecule has 0 amide bonds. The largest absolute Gasteiger partial charge is 0.462 e. The molecule has 0 saturated carbocycles. The van der Waals surface area contributed by atoms with E-state index in [9.17, 15) is 14.4 Å². The summed E-state index contributed by atoms with van der Waals surface area (Å²) in [5.74, 6) is -0.995. The molecule has 0 aliphatic rings. The number of carbonyl (C=O) groups is 3. The van der Waals surface area contributed by atoms with Crippen LogP contribution in [0.4, 0.5) is 0 Å². The predicted molar refractivity (Wildman–Crippen MR) is 284 cm³/mol. The number of esters is 3. The van der Waals surface area contributed by atoms with Gasteiger partial charge in [0.2, 0.25) is 0 Å². The van der Waals surface area contributed by atoms with E-state index in [0.29, 0.717) is 19.3 Å². The lowest BCUT2D eigenvalue weighted by Gasteiger charge is -2.18. The summed E-state index contributed by atoms with van der Waals surface area (Å²) in [6.07, 6.45) is 71.2. The van der Waals surface area contributed by atoms with Gasteiger partial charge in [-0.15, -0.1) is 0 Å². The second kappa shape index (κ2) is 53.9. The van der Waals surface area contributed by atoms with Gasteiger partial charge < -0.3 is 14.2 Å². The molecule has 0 heterocycles. The van der Waals surface area contributed by atoms with Crippen molar-refractivity contribution in [3.63, 3.8) is 0 Å². The highest BCUT2D eigenvalue weighted by Crippen LogP contribution is 2.14. The topological polar surface area (TPSA) is 78.9 Å². The van der Waals surface area contributed by atoms with Gasteiger partial charge in [0.15, 0.2) is 6.10 Å². The summed E-state index contributed by atoms with van der Waals surface area (Å²) in [6, 6.07) is 0. The molecule has 0 aliphatic carbocycles. The maximum Gasteiger partial charge on any atom is 0.306 e. The zero-order valence-electron chi connectivity index (χ0n) is 42.9. The summed E-state index contributed by atoms with van der Waals surface area (Å²) in [6.45, 7) is 6.42. The van der Waals surface area contributed by atoms with Crippen LogP contribution in [0.3, 0.4) is 0 Å². The van der Waals surface area contributed by atoms with E-state index in [4.69, 9.17) is 14.2 Å². The number of unbranched alkanes of at least 4 members (excludes halogenated alkanes) is 21. The molecule has 0 fully saturated rings. The Morgan fingerprint density at radius 2 is 0.621 bits per heavy atom. The Hall–Kier alpha value is -3.67. The van der Waals surface area contributed by atoms with Crippen LogP contribution in [0.5, 0.6) is 0 Å². The number of rotatable bonds is 48. The summed E-state index contributed by atoms with van der Waals surface area (Å²) in [4.78, 5) is 38.0. The third kappa shape index (κ3) is 51.3. The van der Waals surface area contributed by atoms with Gasteiger partial charge in [-0.25, -0.2) is 0 Å². The van der Waals surface area contributed by atoms with Gasteiger partial charge in [-0.2, -0.15) is 0 Å². The normalized spacial score (nSPS) is 12.8. The molecule has 0 aromatic rings. The van der Waals surface area contributed by atoms with Crippen molar-refractivity contribution < 1.29 is 28.6 Å². The molecular formula is C60H100O6. The van der Waals surface area contributed by atoms with Gasteiger partial charge in [0.25, 0.3) is 0 Å². The molecule has 0 rings (SSSR count). The van der Waals surface area contributed by atoms with Crippen molar-refractivity contribution in [2.75, 3.05) is 13.2 Å². The zero-order valence-corrected chi connectivity index (χ0v) is 42.9. The van der Waals surface area contributed by atoms with Crippen LogP contribution < -0.4 is 0 Å². The first-order valence-electron chi connectivity index (χ1n) is 27.2. The standard InChI is InChI=1S/C60H100O6/c1-4-7-10-13-16-19-22-24-26-28-30-32-34-36-38-41-44-47-50-53-59(62)65-56-57(55-64-58(61)52-49-46-43-40-21-18-15-12-9-6-3)66-60(63)54-51-48-45-42-39-37-35-33-31-29-27-25-23-20-17-14-11-8-5-2/h7,10,16-17,19-20,24-27,30,32,36,38,44,47,57H,4-6,8-9,11-15,18,21-23,28-29,31,33-35,37,39-43,45-46,48-56H2,1-3H3/b10-7-,19-16-,20-17-,26-24-,27-25-,32-30-,38-36-,47-44-/t57-/m1/s1. The van der Waals surface area contributed by atoms with Crippen LogP contribution in [-0.4, -0.2) is 37.2 Å². The maximum absolute atomic E-state index is 12.8. The van der Waals surface area contributed by atoms with E-state index in [1.54, 1.807) is 0 Å². The molecule has 0 radical (unpaired) electrons.